The number of likely N-dealkylation sites (tertiary alicyclic amines) is 1. The summed E-state index contributed by atoms with van der Waals surface area (Å²) in [7, 11) is 0. The van der Waals surface area contributed by atoms with Crippen molar-refractivity contribution in [1.82, 2.24) is 4.90 Å². The Bertz CT molecular complexity index is 451. The van der Waals surface area contributed by atoms with Gasteiger partial charge < -0.3 is 5.73 Å². The van der Waals surface area contributed by atoms with Gasteiger partial charge in [0.05, 0.1) is 6.04 Å². The predicted molar refractivity (Wildman–Crippen MR) is 82.4 cm³/mol. The first kappa shape index (κ1) is 14.5. The fourth-order valence-electron chi connectivity index (χ4n) is 3.29. The smallest absolute Gasteiger partial charge is 0.0502 e. The van der Waals surface area contributed by atoms with Crippen molar-refractivity contribution in [3.05, 3.63) is 34.4 Å². The van der Waals surface area contributed by atoms with Gasteiger partial charge in [0.15, 0.2) is 0 Å². The molecule has 1 aromatic rings. The minimum Gasteiger partial charge on any atom is -0.326 e. The van der Waals surface area contributed by atoms with Gasteiger partial charge in [-0.2, -0.15) is 0 Å². The number of nitrogens with zero attached hydrogens (tertiary/aromatic N) is 1. The van der Waals surface area contributed by atoms with E-state index in [9.17, 15) is 0 Å². The Morgan fingerprint density at radius 3 is 2.42 bits per heavy atom. The molecule has 19 heavy (non-hydrogen) atoms. The van der Waals surface area contributed by atoms with Crippen molar-refractivity contribution in [1.29, 1.82) is 0 Å². The molecule has 0 amide bonds. The third kappa shape index (κ3) is 3.01. The van der Waals surface area contributed by atoms with Crippen molar-refractivity contribution in [3.63, 3.8) is 0 Å². The molecule has 1 aliphatic heterocycles. The van der Waals surface area contributed by atoms with E-state index >= 15 is 0 Å². The third-order valence-electron chi connectivity index (χ3n) is 4.35. The van der Waals surface area contributed by atoms with Crippen LogP contribution in [0.5, 0.6) is 0 Å². The van der Waals surface area contributed by atoms with Crippen molar-refractivity contribution in [2.45, 2.75) is 53.1 Å². The van der Waals surface area contributed by atoms with E-state index in [1.165, 1.54) is 22.3 Å². The van der Waals surface area contributed by atoms with Gasteiger partial charge in [-0.1, -0.05) is 26.0 Å². The van der Waals surface area contributed by atoms with Crippen LogP contribution < -0.4 is 5.73 Å². The standard InChI is InChI=1S/C17H28N2/c1-11(2)10-19-7-6-16(18)17(19)15-9-13(4)12(3)8-14(15)5/h8-9,11,16-17H,6-7,10,18H2,1-5H3. The lowest BCUT2D eigenvalue weighted by Crippen LogP contribution is -2.34. The highest BCUT2D eigenvalue weighted by Crippen LogP contribution is 2.34. The molecule has 0 aromatic heterocycles. The number of aryl methyl sites for hydroxylation is 3. The van der Waals surface area contributed by atoms with E-state index in [0.717, 1.165) is 19.5 Å². The lowest BCUT2D eigenvalue weighted by Gasteiger charge is -2.30. The summed E-state index contributed by atoms with van der Waals surface area (Å²) in [6.07, 6.45) is 1.11. The summed E-state index contributed by atoms with van der Waals surface area (Å²) in [5, 5.41) is 0. The predicted octanol–water partition coefficient (Wildman–Crippen LogP) is 3.34. The van der Waals surface area contributed by atoms with Gasteiger partial charge >= 0.3 is 0 Å². The van der Waals surface area contributed by atoms with E-state index < -0.39 is 0 Å². The number of benzene rings is 1. The summed E-state index contributed by atoms with van der Waals surface area (Å²) >= 11 is 0. The van der Waals surface area contributed by atoms with Crippen molar-refractivity contribution in [2.24, 2.45) is 11.7 Å². The van der Waals surface area contributed by atoms with Crippen molar-refractivity contribution >= 4 is 0 Å². The van der Waals surface area contributed by atoms with Gasteiger partial charge in [0.1, 0.15) is 0 Å². The van der Waals surface area contributed by atoms with Crippen molar-refractivity contribution < 1.29 is 0 Å². The minimum atomic E-state index is 0.277. The van der Waals surface area contributed by atoms with Crippen LogP contribution in [0.15, 0.2) is 12.1 Å². The summed E-state index contributed by atoms with van der Waals surface area (Å²) in [5.74, 6) is 0.694. The van der Waals surface area contributed by atoms with Gasteiger partial charge in [0, 0.05) is 19.1 Å². The fraction of sp³-hybridized carbons (Fsp3) is 0.647. The molecule has 2 nitrogen and oxygen atoms in total. The van der Waals surface area contributed by atoms with Crippen LogP contribution in [-0.4, -0.2) is 24.0 Å². The van der Waals surface area contributed by atoms with Crippen LogP contribution in [0.2, 0.25) is 0 Å². The van der Waals surface area contributed by atoms with Gasteiger partial charge in [-0.3, -0.25) is 4.90 Å². The zero-order valence-corrected chi connectivity index (χ0v) is 13.0. The Morgan fingerprint density at radius 1 is 1.16 bits per heavy atom. The first-order valence-electron chi connectivity index (χ1n) is 7.47. The van der Waals surface area contributed by atoms with Gasteiger partial charge in [0.2, 0.25) is 0 Å². The lowest BCUT2D eigenvalue weighted by atomic mass is 9.92. The lowest BCUT2D eigenvalue weighted by molar-refractivity contribution is 0.220. The van der Waals surface area contributed by atoms with Crippen LogP contribution in [0.1, 0.15) is 48.6 Å². The molecular formula is C17H28N2. The van der Waals surface area contributed by atoms with E-state index in [2.05, 4.69) is 51.7 Å². The maximum Gasteiger partial charge on any atom is 0.0502 e. The van der Waals surface area contributed by atoms with E-state index in [-0.39, 0.29) is 6.04 Å². The highest BCUT2D eigenvalue weighted by atomic mass is 15.2. The number of nitrogens with two attached hydrogens (primary N) is 1. The van der Waals surface area contributed by atoms with Crippen LogP contribution in [-0.2, 0) is 0 Å². The molecule has 2 heteroatoms. The average Bonchev–Trinajstić information content (AvgIpc) is 2.65. The van der Waals surface area contributed by atoms with Gasteiger partial charge in [-0.05, 0) is 55.4 Å². The van der Waals surface area contributed by atoms with Crippen LogP contribution >= 0.6 is 0 Å². The molecule has 1 aliphatic rings. The molecule has 1 saturated heterocycles. The quantitative estimate of drug-likeness (QED) is 0.903. The topological polar surface area (TPSA) is 29.3 Å². The molecule has 1 aromatic carbocycles. The number of rotatable bonds is 3. The minimum absolute atomic E-state index is 0.277. The SMILES string of the molecule is Cc1cc(C)c(C2C(N)CCN2CC(C)C)cc1C. The summed E-state index contributed by atoms with van der Waals surface area (Å²) in [5.41, 5.74) is 12.0. The molecule has 2 unspecified atom stereocenters. The van der Waals surface area contributed by atoms with Crippen LogP contribution in [0.25, 0.3) is 0 Å². The Morgan fingerprint density at radius 2 is 1.79 bits per heavy atom. The van der Waals surface area contributed by atoms with E-state index in [1.54, 1.807) is 0 Å². The Balaban J connectivity index is 2.34. The maximum atomic E-state index is 6.39. The molecule has 106 valence electrons. The number of hydrogen-bond donors (Lipinski definition) is 1. The second kappa shape index (κ2) is 5.64. The molecular weight excluding hydrogens is 232 g/mol. The Hall–Kier alpha value is -0.860. The summed E-state index contributed by atoms with van der Waals surface area (Å²) < 4.78 is 0. The average molecular weight is 260 g/mol. The van der Waals surface area contributed by atoms with Crippen molar-refractivity contribution in [3.8, 4) is 0 Å². The highest BCUT2D eigenvalue weighted by Gasteiger charge is 2.33. The van der Waals surface area contributed by atoms with Crippen LogP contribution in [0.4, 0.5) is 0 Å². The van der Waals surface area contributed by atoms with E-state index in [0.29, 0.717) is 12.0 Å². The summed E-state index contributed by atoms with van der Waals surface area (Å²) in [6, 6.07) is 5.35. The molecule has 2 rings (SSSR count). The monoisotopic (exact) mass is 260 g/mol. The normalized spacial score (nSPS) is 24.4. The van der Waals surface area contributed by atoms with E-state index in [4.69, 9.17) is 5.73 Å². The molecule has 0 spiro atoms. The highest BCUT2D eigenvalue weighted by molar-refractivity contribution is 5.39. The molecule has 1 heterocycles. The van der Waals surface area contributed by atoms with Gasteiger partial charge in [0.25, 0.3) is 0 Å². The molecule has 0 radical (unpaired) electrons. The zero-order valence-electron chi connectivity index (χ0n) is 13.0. The summed E-state index contributed by atoms with van der Waals surface area (Å²) in [4.78, 5) is 2.58. The number of hydrogen-bond acceptors (Lipinski definition) is 2. The second-order valence-electron chi connectivity index (χ2n) is 6.58. The Kier molecular flexibility index (Phi) is 4.32. The van der Waals surface area contributed by atoms with Crippen molar-refractivity contribution in [2.75, 3.05) is 13.1 Å². The first-order valence-corrected chi connectivity index (χ1v) is 7.47. The molecule has 2 N–H and O–H groups in total. The molecule has 0 saturated carbocycles. The van der Waals surface area contributed by atoms with Gasteiger partial charge in [-0.15, -0.1) is 0 Å². The molecule has 1 fully saturated rings. The first-order chi connectivity index (χ1) is 8.90. The summed E-state index contributed by atoms with van der Waals surface area (Å²) in [6.45, 7) is 13.5. The molecule has 0 bridgehead atoms. The Labute approximate surface area is 118 Å². The van der Waals surface area contributed by atoms with Gasteiger partial charge in [-0.25, -0.2) is 0 Å². The fourth-order valence-corrected chi connectivity index (χ4v) is 3.29. The zero-order chi connectivity index (χ0) is 14.2. The second-order valence-corrected chi connectivity index (χ2v) is 6.58. The van der Waals surface area contributed by atoms with Crippen LogP contribution in [0, 0.1) is 26.7 Å². The maximum absolute atomic E-state index is 6.39. The largest absolute Gasteiger partial charge is 0.326 e. The van der Waals surface area contributed by atoms with E-state index in [1.807, 2.05) is 0 Å². The molecule has 0 aliphatic carbocycles. The molecule has 2 atom stereocenters. The third-order valence-corrected chi connectivity index (χ3v) is 4.35. The van der Waals surface area contributed by atoms with Crippen LogP contribution in [0.3, 0.4) is 0 Å².